The van der Waals surface area contributed by atoms with E-state index in [0.29, 0.717) is 39.5 Å². The van der Waals surface area contributed by atoms with Crippen molar-refractivity contribution < 1.29 is 14.3 Å². The molecule has 0 radical (unpaired) electrons. The van der Waals surface area contributed by atoms with Gasteiger partial charge in [0.1, 0.15) is 12.4 Å². The van der Waals surface area contributed by atoms with Crippen molar-refractivity contribution >= 4 is 6.03 Å². The maximum Gasteiger partial charge on any atom is 0.317 e. The van der Waals surface area contributed by atoms with Gasteiger partial charge in [0.05, 0.1) is 13.2 Å². The quantitative estimate of drug-likeness (QED) is 0.777. The van der Waals surface area contributed by atoms with Crippen LogP contribution in [-0.4, -0.2) is 43.8 Å². The third kappa shape index (κ3) is 5.77. The molecule has 5 heteroatoms. The van der Waals surface area contributed by atoms with Gasteiger partial charge in [-0.1, -0.05) is 42.5 Å². The van der Waals surface area contributed by atoms with Crippen LogP contribution in [-0.2, 0) is 17.8 Å². The number of carbonyl (C=O) groups is 1. The van der Waals surface area contributed by atoms with Crippen LogP contribution in [0.25, 0.3) is 0 Å². The lowest BCUT2D eigenvalue weighted by atomic mass is 10.1. The Balaban J connectivity index is 1.34. The molecule has 2 aromatic carbocycles. The van der Waals surface area contributed by atoms with Crippen LogP contribution in [0.1, 0.15) is 17.5 Å². The fourth-order valence-corrected chi connectivity index (χ4v) is 2.86. The van der Waals surface area contributed by atoms with Crippen LogP contribution >= 0.6 is 0 Å². The number of morpholine rings is 1. The van der Waals surface area contributed by atoms with Crippen molar-refractivity contribution in [2.24, 2.45) is 0 Å². The van der Waals surface area contributed by atoms with Gasteiger partial charge in [-0.3, -0.25) is 0 Å². The molecule has 3 rings (SSSR count). The topological polar surface area (TPSA) is 50.8 Å². The number of ether oxygens (including phenoxy) is 2. The summed E-state index contributed by atoms with van der Waals surface area (Å²) in [6.45, 7) is 3.88. The predicted molar refractivity (Wildman–Crippen MR) is 101 cm³/mol. The van der Waals surface area contributed by atoms with Gasteiger partial charge in [0.2, 0.25) is 0 Å². The molecule has 1 fully saturated rings. The number of aryl methyl sites for hydroxylation is 1. The normalized spacial score (nSPS) is 14.1. The van der Waals surface area contributed by atoms with Gasteiger partial charge in [0.15, 0.2) is 0 Å². The summed E-state index contributed by atoms with van der Waals surface area (Å²) in [6, 6.07) is 18.3. The first kappa shape index (κ1) is 18.3. The zero-order valence-electron chi connectivity index (χ0n) is 15.0. The molecule has 1 heterocycles. The number of urea groups is 1. The van der Waals surface area contributed by atoms with Gasteiger partial charge in [0, 0.05) is 19.6 Å². The zero-order valence-corrected chi connectivity index (χ0v) is 15.0. The maximum atomic E-state index is 12.0. The molecule has 1 N–H and O–H groups in total. The van der Waals surface area contributed by atoms with Crippen LogP contribution in [0.4, 0.5) is 4.79 Å². The summed E-state index contributed by atoms with van der Waals surface area (Å²) in [5.41, 5.74) is 2.41. The molecule has 0 atom stereocenters. The highest BCUT2D eigenvalue weighted by molar-refractivity contribution is 5.74. The first-order valence-corrected chi connectivity index (χ1v) is 9.17. The second kappa shape index (κ2) is 9.82. The van der Waals surface area contributed by atoms with Crippen molar-refractivity contribution in [3.8, 4) is 5.75 Å². The van der Waals surface area contributed by atoms with E-state index in [1.165, 1.54) is 5.56 Å². The van der Waals surface area contributed by atoms with E-state index in [2.05, 4.69) is 29.6 Å². The Kier molecular flexibility index (Phi) is 6.90. The summed E-state index contributed by atoms with van der Waals surface area (Å²) in [5, 5.41) is 2.98. The number of nitrogens with zero attached hydrogens (tertiary/aromatic N) is 1. The monoisotopic (exact) mass is 354 g/mol. The molecule has 0 saturated carbocycles. The number of amides is 2. The second-order valence-electron chi connectivity index (χ2n) is 6.35. The molecule has 1 aliphatic heterocycles. The Morgan fingerprint density at radius 3 is 2.46 bits per heavy atom. The number of hydrogen-bond donors (Lipinski definition) is 1. The Hall–Kier alpha value is -2.53. The molecule has 1 saturated heterocycles. The molecular weight excluding hydrogens is 328 g/mol. The van der Waals surface area contributed by atoms with Crippen molar-refractivity contribution in [1.82, 2.24) is 10.2 Å². The van der Waals surface area contributed by atoms with Gasteiger partial charge < -0.3 is 19.7 Å². The first-order valence-electron chi connectivity index (χ1n) is 9.17. The molecule has 0 aromatic heterocycles. The van der Waals surface area contributed by atoms with Crippen LogP contribution in [0, 0.1) is 0 Å². The van der Waals surface area contributed by atoms with E-state index >= 15 is 0 Å². The molecule has 0 unspecified atom stereocenters. The summed E-state index contributed by atoms with van der Waals surface area (Å²) in [6.07, 6.45) is 1.85. The highest BCUT2D eigenvalue weighted by Gasteiger charge is 2.15. The number of benzene rings is 2. The Morgan fingerprint density at radius 1 is 1.00 bits per heavy atom. The minimum absolute atomic E-state index is 0.0120. The van der Waals surface area contributed by atoms with Crippen LogP contribution in [0.2, 0.25) is 0 Å². The molecule has 1 aliphatic rings. The Bertz CT molecular complexity index is 667. The van der Waals surface area contributed by atoms with Gasteiger partial charge in [-0.25, -0.2) is 4.79 Å². The minimum atomic E-state index is 0.0120. The summed E-state index contributed by atoms with van der Waals surface area (Å²) < 4.78 is 11.1. The van der Waals surface area contributed by atoms with Gasteiger partial charge >= 0.3 is 6.03 Å². The molecule has 0 aliphatic carbocycles. The van der Waals surface area contributed by atoms with E-state index in [1.54, 1.807) is 0 Å². The number of nitrogens with one attached hydrogen (secondary N) is 1. The highest BCUT2D eigenvalue weighted by atomic mass is 16.5. The molecule has 2 amide bonds. The second-order valence-corrected chi connectivity index (χ2v) is 6.35. The molecule has 2 aromatic rings. The Labute approximate surface area is 154 Å². The standard InChI is InChI=1S/C21H26N2O3/c24-21(23-13-15-25-16-14-23)22-12-4-7-18-8-10-20(11-9-18)26-17-19-5-2-1-3-6-19/h1-3,5-6,8-11H,4,7,12-17H2,(H,22,24). The van der Waals surface area contributed by atoms with Crippen molar-refractivity contribution in [2.75, 3.05) is 32.8 Å². The van der Waals surface area contributed by atoms with Crippen LogP contribution in [0.5, 0.6) is 5.75 Å². The molecule has 0 bridgehead atoms. The van der Waals surface area contributed by atoms with Crippen molar-refractivity contribution in [1.29, 1.82) is 0 Å². The zero-order chi connectivity index (χ0) is 18.0. The molecule has 0 spiro atoms. The first-order chi connectivity index (χ1) is 12.8. The van der Waals surface area contributed by atoms with Crippen LogP contribution in [0.15, 0.2) is 54.6 Å². The number of hydrogen-bond acceptors (Lipinski definition) is 3. The predicted octanol–water partition coefficient (Wildman–Crippen LogP) is 3.24. The van der Waals surface area contributed by atoms with Crippen LogP contribution in [0.3, 0.4) is 0 Å². The van der Waals surface area contributed by atoms with E-state index < -0.39 is 0 Å². The lowest BCUT2D eigenvalue weighted by Gasteiger charge is -2.26. The largest absolute Gasteiger partial charge is 0.489 e. The van der Waals surface area contributed by atoms with E-state index in [-0.39, 0.29) is 6.03 Å². The summed E-state index contributed by atoms with van der Waals surface area (Å²) >= 11 is 0. The fourth-order valence-electron chi connectivity index (χ4n) is 2.86. The van der Waals surface area contributed by atoms with Crippen molar-refractivity contribution in [3.05, 3.63) is 65.7 Å². The van der Waals surface area contributed by atoms with E-state index in [0.717, 1.165) is 24.2 Å². The molecule has 5 nitrogen and oxygen atoms in total. The fraction of sp³-hybridized carbons (Fsp3) is 0.381. The minimum Gasteiger partial charge on any atom is -0.489 e. The van der Waals surface area contributed by atoms with E-state index in [1.807, 2.05) is 35.2 Å². The molecule has 138 valence electrons. The van der Waals surface area contributed by atoms with Crippen LogP contribution < -0.4 is 10.1 Å². The average molecular weight is 354 g/mol. The smallest absolute Gasteiger partial charge is 0.317 e. The van der Waals surface area contributed by atoms with E-state index in [9.17, 15) is 4.79 Å². The third-order valence-electron chi connectivity index (χ3n) is 4.39. The molecular formula is C21H26N2O3. The molecule has 26 heavy (non-hydrogen) atoms. The van der Waals surface area contributed by atoms with Gasteiger partial charge in [-0.05, 0) is 36.1 Å². The lowest BCUT2D eigenvalue weighted by molar-refractivity contribution is 0.0532. The SMILES string of the molecule is O=C(NCCCc1ccc(OCc2ccccc2)cc1)N1CCOCC1. The lowest BCUT2D eigenvalue weighted by Crippen LogP contribution is -2.46. The number of carbonyl (C=O) groups excluding carboxylic acids is 1. The van der Waals surface area contributed by atoms with E-state index in [4.69, 9.17) is 9.47 Å². The summed E-state index contributed by atoms with van der Waals surface area (Å²) in [7, 11) is 0. The highest BCUT2D eigenvalue weighted by Crippen LogP contribution is 2.15. The van der Waals surface area contributed by atoms with Gasteiger partial charge in [-0.15, -0.1) is 0 Å². The maximum absolute atomic E-state index is 12.0. The van der Waals surface area contributed by atoms with Gasteiger partial charge in [0.25, 0.3) is 0 Å². The Morgan fingerprint density at radius 2 is 1.73 bits per heavy atom. The summed E-state index contributed by atoms with van der Waals surface area (Å²) in [4.78, 5) is 13.8. The third-order valence-corrected chi connectivity index (χ3v) is 4.39. The van der Waals surface area contributed by atoms with Gasteiger partial charge in [-0.2, -0.15) is 0 Å². The van der Waals surface area contributed by atoms with Crippen molar-refractivity contribution in [2.45, 2.75) is 19.4 Å². The summed E-state index contributed by atoms with van der Waals surface area (Å²) in [5.74, 6) is 0.873. The average Bonchev–Trinajstić information content (AvgIpc) is 2.72. The van der Waals surface area contributed by atoms with Crippen molar-refractivity contribution in [3.63, 3.8) is 0 Å². The number of rotatable bonds is 7.